The monoisotopic (exact) mass is 394 g/mol. The predicted molar refractivity (Wildman–Crippen MR) is 113 cm³/mol. The number of fused-ring (bicyclic) bond motifs is 1. The SMILES string of the molecule is CCC(O)c1ccc(-c2cc3cnc(N(C)C(=O)OC(C)(C)C)cc3cn2)cn1. The van der Waals surface area contributed by atoms with E-state index in [0.29, 0.717) is 17.9 Å². The van der Waals surface area contributed by atoms with Crippen LogP contribution in [-0.2, 0) is 4.74 Å². The van der Waals surface area contributed by atoms with Gasteiger partial charge in [-0.05, 0) is 51.5 Å². The van der Waals surface area contributed by atoms with Gasteiger partial charge in [-0.3, -0.25) is 14.9 Å². The van der Waals surface area contributed by atoms with E-state index >= 15 is 0 Å². The number of hydrogen-bond donors (Lipinski definition) is 1. The summed E-state index contributed by atoms with van der Waals surface area (Å²) in [5.41, 5.74) is 1.69. The zero-order chi connectivity index (χ0) is 21.2. The van der Waals surface area contributed by atoms with Gasteiger partial charge in [-0.1, -0.05) is 6.92 Å². The number of pyridine rings is 3. The fourth-order valence-corrected chi connectivity index (χ4v) is 2.75. The van der Waals surface area contributed by atoms with Crippen LogP contribution >= 0.6 is 0 Å². The number of ether oxygens (including phenoxy) is 1. The molecule has 152 valence electrons. The van der Waals surface area contributed by atoms with Crippen LogP contribution in [-0.4, -0.2) is 38.8 Å². The second-order valence-corrected chi connectivity index (χ2v) is 7.89. The van der Waals surface area contributed by atoms with Crippen LogP contribution in [0.4, 0.5) is 10.6 Å². The van der Waals surface area contributed by atoms with Gasteiger partial charge in [0.15, 0.2) is 0 Å². The Morgan fingerprint density at radius 3 is 2.41 bits per heavy atom. The topological polar surface area (TPSA) is 88.4 Å². The fourth-order valence-electron chi connectivity index (χ4n) is 2.75. The summed E-state index contributed by atoms with van der Waals surface area (Å²) in [5.74, 6) is 0.487. The first kappa shape index (κ1) is 20.7. The molecule has 0 fully saturated rings. The number of aliphatic hydroxyl groups is 1. The Balaban J connectivity index is 1.85. The molecule has 0 aromatic carbocycles. The van der Waals surface area contributed by atoms with E-state index in [0.717, 1.165) is 22.0 Å². The third-order valence-corrected chi connectivity index (χ3v) is 4.41. The lowest BCUT2D eigenvalue weighted by molar-refractivity contribution is 0.0588. The van der Waals surface area contributed by atoms with Gasteiger partial charge in [0.2, 0.25) is 0 Å². The van der Waals surface area contributed by atoms with Gasteiger partial charge >= 0.3 is 6.09 Å². The van der Waals surface area contributed by atoms with Gasteiger partial charge in [0.05, 0.1) is 17.5 Å². The Labute approximate surface area is 170 Å². The van der Waals surface area contributed by atoms with E-state index in [1.165, 1.54) is 4.90 Å². The van der Waals surface area contributed by atoms with Crippen molar-refractivity contribution in [3.05, 3.63) is 48.5 Å². The van der Waals surface area contributed by atoms with Crippen molar-refractivity contribution in [1.82, 2.24) is 15.0 Å². The molecule has 0 spiro atoms. The highest BCUT2D eigenvalue weighted by atomic mass is 16.6. The lowest BCUT2D eigenvalue weighted by Crippen LogP contribution is -2.34. The van der Waals surface area contributed by atoms with Crippen molar-refractivity contribution in [2.24, 2.45) is 0 Å². The Kier molecular flexibility index (Phi) is 5.79. The molecule has 1 N–H and O–H groups in total. The van der Waals surface area contributed by atoms with Gasteiger partial charge < -0.3 is 9.84 Å². The Morgan fingerprint density at radius 1 is 1.10 bits per heavy atom. The summed E-state index contributed by atoms with van der Waals surface area (Å²) in [7, 11) is 1.63. The number of carbonyl (C=O) groups is 1. The fraction of sp³-hybridized carbons (Fsp3) is 0.364. The average molecular weight is 394 g/mol. The maximum atomic E-state index is 12.3. The Morgan fingerprint density at radius 2 is 1.79 bits per heavy atom. The third kappa shape index (κ3) is 4.86. The van der Waals surface area contributed by atoms with Gasteiger partial charge in [0.25, 0.3) is 0 Å². The quantitative estimate of drug-likeness (QED) is 0.700. The van der Waals surface area contributed by atoms with Crippen LogP contribution in [0, 0.1) is 0 Å². The highest BCUT2D eigenvalue weighted by molar-refractivity contribution is 5.91. The van der Waals surface area contributed by atoms with Crippen molar-refractivity contribution in [1.29, 1.82) is 0 Å². The molecule has 0 aliphatic heterocycles. The lowest BCUT2D eigenvalue weighted by atomic mass is 10.1. The minimum atomic E-state index is -0.574. The molecule has 0 saturated carbocycles. The molecule has 3 rings (SSSR count). The lowest BCUT2D eigenvalue weighted by Gasteiger charge is -2.24. The molecule has 0 aliphatic rings. The molecule has 0 saturated heterocycles. The van der Waals surface area contributed by atoms with Gasteiger partial charge in [-0.2, -0.15) is 0 Å². The molecule has 7 nitrogen and oxygen atoms in total. The molecule has 1 amide bonds. The number of carbonyl (C=O) groups excluding carboxylic acids is 1. The van der Waals surface area contributed by atoms with E-state index in [9.17, 15) is 9.90 Å². The van der Waals surface area contributed by atoms with E-state index in [1.54, 1.807) is 31.7 Å². The minimum Gasteiger partial charge on any atom is -0.443 e. The predicted octanol–water partition coefficient (Wildman–Crippen LogP) is 4.51. The van der Waals surface area contributed by atoms with Crippen LogP contribution in [0.3, 0.4) is 0 Å². The summed E-state index contributed by atoms with van der Waals surface area (Å²) in [6, 6.07) is 7.43. The number of aliphatic hydroxyl groups excluding tert-OH is 1. The zero-order valence-corrected chi connectivity index (χ0v) is 17.4. The van der Waals surface area contributed by atoms with Crippen molar-refractivity contribution in [2.45, 2.75) is 45.8 Å². The second-order valence-electron chi connectivity index (χ2n) is 7.89. The van der Waals surface area contributed by atoms with E-state index in [4.69, 9.17) is 4.74 Å². The minimum absolute atomic E-state index is 0.464. The summed E-state index contributed by atoms with van der Waals surface area (Å²) < 4.78 is 5.38. The maximum absolute atomic E-state index is 12.3. The molecule has 7 heteroatoms. The van der Waals surface area contributed by atoms with Crippen molar-refractivity contribution in [3.8, 4) is 11.3 Å². The third-order valence-electron chi connectivity index (χ3n) is 4.41. The van der Waals surface area contributed by atoms with Crippen LogP contribution in [0.25, 0.3) is 22.0 Å². The van der Waals surface area contributed by atoms with Crippen LogP contribution in [0.1, 0.15) is 45.9 Å². The van der Waals surface area contributed by atoms with E-state index < -0.39 is 17.8 Å². The largest absolute Gasteiger partial charge is 0.443 e. The summed E-state index contributed by atoms with van der Waals surface area (Å²) in [5, 5.41) is 11.6. The molecule has 1 unspecified atom stereocenters. The first-order valence-electron chi connectivity index (χ1n) is 9.55. The van der Waals surface area contributed by atoms with Gasteiger partial charge in [-0.25, -0.2) is 9.78 Å². The number of rotatable bonds is 4. The highest BCUT2D eigenvalue weighted by Crippen LogP contribution is 2.25. The number of anilines is 1. The van der Waals surface area contributed by atoms with E-state index in [2.05, 4.69) is 15.0 Å². The molecule has 0 radical (unpaired) electrons. The zero-order valence-electron chi connectivity index (χ0n) is 17.4. The maximum Gasteiger partial charge on any atom is 0.415 e. The van der Waals surface area contributed by atoms with Crippen molar-refractivity contribution >= 4 is 22.7 Å². The van der Waals surface area contributed by atoms with Gasteiger partial charge in [0.1, 0.15) is 11.4 Å². The molecule has 1 atom stereocenters. The summed E-state index contributed by atoms with van der Waals surface area (Å²) >= 11 is 0. The normalized spacial score (nSPS) is 12.6. The summed E-state index contributed by atoms with van der Waals surface area (Å²) in [4.78, 5) is 26.9. The number of nitrogens with zero attached hydrogens (tertiary/aromatic N) is 4. The molecular formula is C22H26N4O3. The Hall–Kier alpha value is -3.06. The number of aromatic nitrogens is 3. The standard InChI is InChI=1S/C22H26N4O3/c1-6-19(27)17-8-7-14(11-23-17)18-9-15-13-25-20(10-16(15)12-24-18)26(5)21(28)29-22(2,3)4/h7-13,19,27H,6H2,1-5H3. The number of hydrogen-bond acceptors (Lipinski definition) is 6. The van der Waals surface area contributed by atoms with Gasteiger partial charge in [0, 0.05) is 42.0 Å². The van der Waals surface area contributed by atoms with Crippen molar-refractivity contribution in [2.75, 3.05) is 11.9 Å². The highest BCUT2D eigenvalue weighted by Gasteiger charge is 2.21. The smallest absolute Gasteiger partial charge is 0.415 e. The first-order valence-corrected chi connectivity index (χ1v) is 9.55. The molecule has 0 bridgehead atoms. The molecular weight excluding hydrogens is 368 g/mol. The van der Waals surface area contributed by atoms with Crippen LogP contribution in [0.5, 0.6) is 0 Å². The first-order chi connectivity index (χ1) is 13.7. The average Bonchev–Trinajstić information content (AvgIpc) is 2.70. The van der Waals surface area contributed by atoms with E-state index in [1.807, 2.05) is 45.9 Å². The van der Waals surface area contributed by atoms with E-state index in [-0.39, 0.29) is 0 Å². The molecule has 29 heavy (non-hydrogen) atoms. The van der Waals surface area contributed by atoms with Crippen LogP contribution in [0.15, 0.2) is 42.9 Å². The molecule has 3 aromatic rings. The molecule has 3 aromatic heterocycles. The summed E-state index contributed by atoms with van der Waals surface area (Å²) in [6.07, 6.45) is 4.76. The summed E-state index contributed by atoms with van der Waals surface area (Å²) in [6.45, 7) is 7.37. The van der Waals surface area contributed by atoms with Gasteiger partial charge in [-0.15, -0.1) is 0 Å². The van der Waals surface area contributed by atoms with Crippen molar-refractivity contribution in [3.63, 3.8) is 0 Å². The van der Waals surface area contributed by atoms with Crippen LogP contribution < -0.4 is 4.90 Å². The number of amides is 1. The molecule has 3 heterocycles. The Bertz CT molecular complexity index is 1010. The van der Waals surface area contributed by atoms with Crippen LogP contribution in [0.2, 0.25) is 0 Å². The second kappa shape index (κ2) is 8.13. The van der Waals surface area contributed by atoms with Crippen molar-refractivity contribution < 1.29 is 14.6 Å². The molecule has 0 aliphatic carbocycles.